The Kier molecular flexibility index (Phi) is 13.1. The van der Waals surface area contributed by atoms with Gasteiger partial charge in [0, 0.05) is 5.56 Å². The number of alkyl halides is 1. The van der Waals surface area contributed by atoms with E-state index in [4.69, 9.17) is 0 Å². The highest BCUT2D eigenvalue weighted by Crippen LogP contribution is 2.15. The molecule has 0 aliphatic heterocycles. The van der Waals surface area contributed by atoms with Crippen molar-refractivity contribution in [3.63, 3.8) is 0 Å². The number of nitrogens with zero attached hydrogens (tertiary/aromatic N) is 1. The van der Waals surface area contributed by atoms with Gasteiger partial charge in [-0.2, -0.15) is 0 Å². The standard InChI is InChI=1S/C9H9FO.C3H9N.C2H6B/c1-7(10)9-4-2-8(6-11)3-5-9;1-4(2)3;1-3-2/h2-7H,1H3;1-3H3;1-2H3/t7-;;/m0../s1. The van der Waals surface area contributed by atoms with Crippen molar-refractivity contribution < 1.29 is 9.18 Å². The number of halogens is 1. The Morgan fingerprint density at radius 2 is 1.50 bits per heavy atom. The Labute approximate surface area is 111 Å². The minimum absolute atomic E-state index is 0.578. The molecule has 1 rings (SSSR count). The van der Waals surface area contributed by atoms with Crippen molar-refractivity contribution in [2.75, 3.05) is 21.1 Å². The third kappa shape index (κ3) is 12.9. The van der Waals surface area contributed by atoms with E-state index in [9.17, 15) is 9.18 Å². The van der Waals surface area contributed by atoms with Gasteiger partial charge in [-0.15, -0.1) is 0 Å². The molecule has 1 radical (unpaired) electrons. The van der Waals surface area contributed by atoms with E-state index in [1.807, 2.05) is 47.0 Å². The van der Waals surface area contributed by atoms with Crippen LogP contribution in [-0.2, 0) is 0 Å². The third-order valence-corrected chi connectivity index (χ3v) is 1.53. The fourth-order valence-corrected chi connectivity index (χ4v) is 0.840. The summed E-state index contributed by atoms with van der Waals surface area (Å²) in [4.78, 5) is 12.2. The summed E-state index contributed by atoms with van der Waals surface area (Å²) in [5, 5.41) is 0. The van der Waals surface area contributed by atoms with Crippen LogP contribution in [0.1, 0.15) is 29.0 Å². The lowest BCUT2D eigenvalue weighted by molar-refractivity contribution is 0.112. The molecule has 1 aromatic carbocycles. The lowest BCUT2D eigenvalue weighted by Gasteiger charge is -2.00. The van der Waals surface area contributed by atoms with Gasteiger partial charge in [0.2, 0.25) is 0 Å². The summed E-state index contributed by atoms with van der Waals surface area (Å²) in [5.41, 5.74) is 1.19. The second-order valence-electron chi connectivity index (χ2n) is 4.32. The van der Waals surface area contributed by atoms with E-state index in [1.54, 1.807) is 24.3 Å². The van der Waals surface area contributed by atoms with Gasteiger partial charge in [0.25, 0.3) is 0 Å². The molecule has 0 N–H and O–H groups in total. The summed E-state index contributed by atoms with van der Waals surface area (Å²) in [6, 6.07) is 6.46. The number of aldehydes is 1. The second kappa shape index (κ2) is 12.3. The van der Waals surface area contributed by atoms with E-state index in [1.165, 1.54) is 6.92 Å². The summed E-state index contributed by atoms with van der Waals surface area (Å²) in [5.74, 6) is 0. The fraction of sp³-hybridized carbons (Fsp3) is 0.500. The van der Waals surface area contributed by atoms with Gasteiger partial charge in [-0.3, -0.25) is 4.79 Å². The van der Waals surface area contributed by atoms with Crippen molar-refractivity contribution in [2.24, 2.45) is 0 Å². The highest BCUT2D eigenvalue weighted by atomic mass is 19.1. The molecule has 101 valence electrons. The van der Waals surface area contributed by atoms with Crippen molar-refractivity contribution >= 4 is 13.6 Å². The minimum Gasteiger partial charge on any atom is -0.312 e. The predicted molar refractivity (Wildman–Crippen MR) is 78.4 cm³/mol. The molecule has 1 aromatic rings. The first-order chi connectivity index (χ1) is 8.38. The molecule has 0 spiro atoms. The monoisotopic (exact) mass is 252 g/mol. The number of carbonyl (C=O) groups excluding carboxylic acids is 1. The molecule has 0 saturated heterocycles. The van der Waals surface area contributed by atoms with E-state index < -0.39 is 6.17 Å². The van der Waals surface area contributed by atoms with Gasteiger partial charge in [-0.05, 0) is 33.6 Å². The maximum Gasteiger partial charge on any atom is 0.150 e. The molecular weight excluding hydrogens is 228 g/mol. The van der Waals surface area contributed by atoms with Gasteiger partial charge < -0.3 is 4.90 Å². The van der Waals surface area contributed by atoms with Crippen molar-refractivity contribution in [2.45, 2.75) is 26.7 Å². The minimum atomic E-state index is -0.962. The van der Waals surface area contributed by atoms with Crippen molar-refractivity contribution in [1.82, 2.24) is 4.90 Å². The molecule has 1 atom stereocenters. The normalized spacial score (nSPS) is 10.4. The summed E-state index contributed by atoms with van der Waals surface area (Å²) < 4.78 is 12.6. The number of rotatable bonds is 2. The first-order valence-electron chi connectivity index (χ1n) is 5.93. The van der Waals surface area contributed by atoms with Gasteiger partial charge in [-0.1, -0.05) is 37.9 Å². The Bertz CT molecular complexity index is 296. The Morgan fingerprint density at radius 3 is 1.72 bits per heavy atom. The average Bonchev–Trinajstić information content (AvgIpc) is 2.29. The number of carbonyl (C=O) groups is 1. The Morgan fingerprint density at radius 1 is 1.17 bits per heavy atom. The molecule has 0 fully saturated rings. The lowest BCUT2D eigenvalue weighted by Crippen LogP contribution is -1.99. The molecule has 0 heterocycles. The number of hydrogen-bond acceptors (Lipinski definition) is 2. The highest BCUT2D eigenvalue weighted by molar-refractivity contribution is 6.31. The average molecular weight is 252 g/mol. The SMILES string of the molecule is CN(C)C.C[B]C.C[C@H](F)c1ccc(C=O)cc1. The van der Waals surface area contributed by atoms with Crippen molar-refractivity contribution in [3.8, 4) is 0 Å². The Hall–Kier alpha value is -1.16. The van der Waals surface area contributed by atoms with Crippen LogP contribution in [0.4, 0.5) is 4.39 Å². The zero-order chi connectivity index (χ0) is 14.6. The molecule has 0 aliphatic carbocycles. The molecule has 4 heteroatoms. The maximum atomic E-state index is 12.6. The molecule has 0 aromatic heterocycles. The van der Waals surface area contributed by atoms with E-state index in [-0.39, 0.29) is 0 Å². The van der Waals surface area contributed by atoms with Crippen LogP contribution < -0.4 is 0 Å². The van der Waals surface area contributed by atoms with Crippen LogP contribution in [-0.4, -0.2) is 39.6 Å². The Balaban J connectivity index is 0. The van der Waals surface area contributed by atoms with E-state index >= 15 is 0 Å². The topological polar surface area (TPSA) is 20.3 Å². The predicted octanol–water partition coefficient (Wildman–Crippen LogP) is 3.49. The van der Waals surface area contributed by atoms with Crippen LogP contribution in [0.3, 0.4) is 0 Å². The smallest absolute Gasteiger partial charge is 0.150 e. The van der Waals surface area contributed by atoms with Crippen molar-refractivity contribution in [1.29, 1.82) is 0 Å². The van der Waals surface area contributed by atoms with Crippen LogP contribution in [0.2, 0.25) is 13.6 Å². The molecule has 0 aliphatic rings. The lowest BCUT2D eigenvalue weighted by atomic mass is 9.88. The molecule has 18 heavy (non-hydrogen) atoms. The summed E-state index contributed by atoms with van der Waals surface area (Å²) in [7, 11) is 8.00. The van der Waals surface area contributed by atoms with Crippen LogP contribution in [0, 0.1) is 0 Å². The van der Waals surface area contributed by atoms with E-state index in [2.05, 4.69) is 0 Å². The van der Waals surface area contributed by atoms with Gasteiger partial charge in [0.05, 0.1) is 0 Å². The molecule has 2 nitrogen and oxygen atoms in total. The molecule has 0 unspecified atom stereocenters. The largest absolute Gasteiger partial charge is 0.312 e. The van der Waals surface area contributed by atoms with Crippen LogP contribution in [0.5, 0.6) is 0 Å². The quantitative estimate of drug-likeness (QED) is 0.593. The fourth-order valence-electron chi connectivity index (χ4n) is 0.840. The van der Waals surface area contributed by atoms with Gasteiger partial charge in [-0.25, -0.2) is 4.39 Å². The molecule has 0 bridgehead atoms. The first-order valence-corrected chi connectivity index (χ1v) is 5.93. The highest BCUT2D eigenvalue weighted by Gasteiger charge is 2.00. The van der Waals surface area contributed by atoms with E-state index in [0.29, 0.717) is 11.1 Å². The van der Waals surface area contributed by atoms with Gasteiger partial charge in [0.1, 0.15) is 19.7 Å². The maximum absolute atomic E-state index is 12.6. The van der Waals surface area contributed by atoms with Crippen LogP contribution in [0.15, 0.2) is 24.3 Å². The first kappa shape index (κ1) is 19.2. The zero-order valence-corrected chi connectivity index (χ0v) is 12.3. The second-order valence-corrected chi connectivity index (χ2v) is 4.32. The van der Waals surface area contributed by atoms with Crippen LogP contribution >= 0.6 is 0 Å². The molecule has 0 amide bonds. The molecule has 0 saturated carbocycles. The summed E-state index contributed by atoms with van der Waals surface area (Å²) in [6.07, 6.45) is -0.220. The van der Waals surface area contributed by atoms with Gasteiger partial charge >= 0.3 is 0 Å². The number of hydrogen-bond donors (Lipinski definition) is 0. The number of benzene rings is 1. The van der Waals surface area contributed by atoms with Crippen molar-refractivity contribution in [3.05, 3.63) is 35.4 Å². The third-order valence-electron chi connectivity index (χ3n) is 1.53. The summed E-state index contributed by atoms with van der Waals surface area (Å²) in [6.45, 7) is 5.47. The summed E-state index contributed by atoms with van der Waals surface area (Å²) >= 11 is 0. The van der Waals surface area contributed by atoms with E-state index in [0.717, 1.165) is 6.29 Å². The van der Waals surface area contributed by atoms with Crippen LogP contribution in [0.25, 0.3) is 0 Å². The molecular formula is C14H24BFNO. The van der Waals surface area contributed by atoms with Gasteiger partial charge in [0.15, 0.2) is 0 Å². The zero-order valence-electron chi connectivity index (χ0n) is 12.3.